The van der Waals surface area contributed by atoms with Gasteiger partial charge in [0.15, 0.2) is 22.5 Å². The molecule has 2 amide bonds. The van der Waals surface area contributed by atoms with Crippen molar-refractivity contribution in [1.29, 1.82) is 0 Å². The summed E-state index contributed by atoms with van der Waals surface area (Å²) >= 11 is 4.71. The van der Waals surface area contributed by atoms with Gasteiger partial charge < -0.3 is 24.7 Å². The van der Waals surface area contributed by atoms with Crippen molar-refractivity contribution in [2.75, 3.05) is 25.3 Å². The fourth-order valence-corrected chi connectivity index (χ4v) is 3.89. The number of ether oxygens (including phenoxy) is 2. The quantitative estimate of drug-likeness (QED) is 0.405. The summed E-state index contributed by atoms with van der Waals surface area (Å²) in [6.07, 6.45) is 0. The molecule has 0 saturated heterocycles. The molecular weight excluding hydrogens is 510 g/mol. The first kappa shape index (κ1) is 24.6. The number of anilines is 1. The number of nitrogens with one attached hydrogen (secondary N) is 2. The maximum atomic E-state index is 12.5. The Balaban J connectivity index is 1.54. The van der Waals surface area contributed by atoms with Crippen molar-refractivity contribution in [3.63, 3.8) is 0 Å². The van der Waals surface area contributed by atoms with Crippen molar-refractivity contribution in [1.82, 2.24) is 20.1 Å². The third-order valence-electron chi connectivity index (χ3n) is 4.75. The van der Waals surface area contributed by atoms with E-state index in [0.29, 0.717) is 28.0 Å². The van der Waals surface area contributed by atoms with E-state index in [1.165, 1.54) is 26.0 Å². The number of hydrogen-bond acceptors (Lipinski definition) is 7. The Labute approximate surface area is 204 Å². The Morgan fingerprint density at radius 3 is 2.55 bits per heavy atom. The van der Waals surface area contributed by atoms with Crippen LogP contribution in [-0.4, -0.2) is 46.6 Å². The van der Waals surface area contributed by atoms with Crippen LogP contribution in [0.5, 0.6) is 11.5 Å². The molecule has 0 aliphatic carbocycles. The van der Waals surface area contributed by atoms with Gasteiger partial charge in [0.1, 0.15) is 0 Å². The molecule has 0 bridgehead atoms. The Bertz CT molecular complexity index is 1170. The van der Waals surface area contributed by atoms with E-state index in [1.54, 1.807) is 29.8 Å². The molecule has 0 aliphatic rings. The monoisotopic (exact) mass is 533 g/mol. The number of hydrogen-bond donors (Lipinski definition) is 2. The molecule has 0 fully saturated rings. The molecule has 0 radical (unpaired) electrons. The van der Waals surface area contributed by atoms with Crippen LogP contribution in [0.3, 0.4) is 0 Å². The number of benzene rings is 2. The molecular formula is C22H24BrN5O4S. The average Bonchev–Trinajstić information content (AvgIpc) is 3.17. The van der Waals surface area contributed by atoms with Gasteiger partial charge in [-0.15, -0.1) is 10.2 Å². The third kappa shape index (κ3) is 6.26. The number of methoxy groups -OCH3 is 2. The molecule has 1 heterocycles. The predicted octanol–water partition coefficient (Wildman–Crippen LogP) is 3.56. The molecule has 0 atom stereocenters. The number of halogens is 1. The fourth-order valence-electron chi connectivity index (χ4n) is 2.91. The first-order valence-electron chi connectivity index (χ1n) is 9.89. The Kier molecular flexibility index (Phi) is 8.34. The number of amides is 2. The smallest absolute Gasteiger partial charge is 0.251 e. The summed E-state index contributed by atoms with van der Waals surface area (Å²) in [6.45, 7) is 2.14. The lowest BCUT2D eigenvalue weighted by atomic mass is 10.2. The zero-order valence-corrected chi connectivity index (χ0v) is 21.0. The van der Waals surface area contributed by atoms with E-state index in [2.05, 4.69) is 36.8 Å². The van der Waals surface area contributed by atoms with Crippen LogP contribution in [0.4, 0.5) is 5.69 Å². The number of aromatic nitrogens is 3. The van der Waals surface area contributed by atoms with E-state index in [-0.39, 0.29) is 24.1 Å². The van der Waals surface area contributed by atoms with Crippen molar-refractivity contribution in [2.24, 2.45) is 7.05 Å². The summed E-state index contributed by atoms with van der Waals surface area (Å²) in [5.74, 6) is 1.34. The lowest BCUT2D eigenvalue weighted by Crippen LogP contribution is -2.24. The van der Waals surface area contributed by atoms with E-state index in [4.69, 9.17) is 9.47 Å². The molecule has 3 aromatic rings. The average molecular weight is 534 g/mol. The predicted molar refractivity (Wildman–Crippen MR) is 130 cm³/mol. The lowest BCUT2D eigenvalue weighted by Gasteiger charge is -2.10. The molecule has 11 heteroatoms. The molecule has 174 valence electrons. The zero-order valence-electron chi connectivity index (χ0n) is 18.6. The van der Waals surface area contributed by atoms with Crippen molar-refractivity contribution in [3.8, 4) is 11.5 Å². The van der Waals surface area contributed by atoms with Gasteiger partial charge in [-0.3, -0.25) is 9.59 Å². The van der Waals surface area contributed by atoms with Gasteiger partial charge in [0.25, 0.3) is 5.91 Å². The third-order valence-corrected chi connectivity index (χ3v) is 6.66. The van der Waals surface area contributed by atoms with Gasteiger partial charge in [-0.25, -0.2) is 0 Å². The second kappa shape index (κ2) is 11.2. The number of thioether (sulfide) groups is 1. The number of carbonyl (C=O) groups is 2. The Morgan fingerprint density at radius 1 is 1.09 bits per heavy atom. The molecule has 0 saturated carbocycles. The van der Waals surface area contributed by atoms with Gasteiger partial charge in [0, 0.05) is 22.8 Å². The summed E-state index contributed by atoms with van der Waals surface area (Å²) in [4.78, 5) is 24.8. The van der Waals surface area contributed by atoms with Crippen molar-refractivity contribution in [3.05, 3.63) is 57.8 Å². The minimum Gasteiger partial charge on any atom is -0.493 e. The summed E-state index contributed by atoms with van der Waals surface area (Å²) in [6, 6.07) is 10.6. The highest BCUT2D eigenvalue weighted by molar-refractivity contribution is 9.10. The standard InChI is InChI=1S/C22H24BrN5O4S/c1-13-9-15(6-7-16(13)23)25-20(29)12-33-22-27-26-19(28(22)2)11-24-21(30)14-5-8-17(31-3)18(10-14)32-4/h5-10H,11-12H2,1-4H3,(H,24,30)(H,25,29). The van der Waals surface area contributed by atoms with E-state index in [1.807, 2.05) is 25.1 Å². The lowest BCUT2D eigenvalue weighted by molar-refractivity contribution is -0.113. The largest absolute Gasteiger partial charge is 0.493 e. The number of nitrogens with zero attached hydrogens (tertiary/aromatic N) is 3. The van der Waals surface area contributed by atoms with Crippen LogP contribution < -0.4 is 20.1 Å². The van der Waals surface area contributed by atoms with Crippen LogP contribution in [0.2, 0.25) is 0 Å². The molecule has 0 spiro atoms. The molecule has 2 N–H and O–H groups in total. The van der Waals surface area contributed by atoms with Gasteiger partial charge in [-0.05, 0) is 48.9 Å². The van der Waals surface area contributed by atoms with Crippen molar-refractivity contribution < 1.29 is 19.1 Å². The van der Waals surface area contributed by atoms with Gasteiger partial charge in [-0.1, -0.05) is 27.7 Å². The maximum absolute atomic E-state index is 12.5. The molecule has 0 unspecified atom stereocenters. The summed E-state index contributed by atoms with van der Waals surface area (Å²) in [7, 11) is 4.83. The SMILES string of the molecule is COc1ccc(C(=O)NCc2nnc(SCC(=O)Nc3ccc(Br)c(C)c3)n2C)cc1OC. The van der Waals surface area contributed by atoms with Gasteiger partial charge in [0.05, 0.1) is 26.5 Å². The van der Waals surface area contributed by atoms with Crippen molar-refractivity contribution in [2.45, 2.75) is 18.6 Å². The van der Waals surface area contributed by atoms with Gasteiger partial charge >= 0.3 is 0 Å². The van der Waals surface area contributed by atoms with E-state index in [0.717, 1.165) is 15.7 Å². The van der Waals surface area contributed by atoms with Crippen LogP contribution in [0.15, 0.2) is 46.0 Å². The van der Waals surface area contributed by atoms with Crippen LogP contribution in [0.1, 0.15) is 21.7 Å². The van der Waals surface area contributed by atoms with E-state index in [9.17, 15) is 9.59 Å². The first-order valence-corrected chi connectivity index (χ1v) is 11.7. The number of carbonyl (C=O) groups excluding carboxylic acids is 2. The molecule has 33 heavy (non-hydrogen) atoms. The van der Waals surface area contributed by atoms with Crippen LogP contribution >= 0.6 is 27.7 Å². The molecule has 3 rings (SSSR count). The first-order chi connectivity index (χ1) is 15.8. The highest BCUT2D eigenvalue weighted by atomic mass is 79.9. The molecule has 0 aliphatic heterocycles. The number of rotatable bonds is 9. The summed E-state index contributed by atoms with van der Waals surface area (Å²) < 4.78 is 13.2. The molecule has 9 nitrogen and oxygen atoms in total. The highest BCUT2D eigenvalue weighted by Crippen LogP contribution is 2.27. The van der Waals surface area contributed by atoms with Crippen LogP contribution in [0.25, 0.3) is 0 Å². The normalized spacial score (nSPS) is 10.6. The summed E-state index contributed by atoms with van der Waals surface area (Å²) in [5, 5.41) is 14.5. The Morgan fingerprint density at radius 2 is 1.85 bits per heavy atom. The Hall–Kier alpha value is -3.05. The van der Waals surface area contributed by atoms with Crippen LogP contribution in [-0.2, 0) is 18.4 Å². The second-order valence-corrected chi connectivity index (χ2v) is 8.81. The van der Waals surface area contributed by atoms with Crippen molar-refractivity contribution >= 4 is 45.2 Å². The topological polar surface area (TPSA) is 107 Å². The number of aryl methyl sites for hydroxylation is 1. The molecule has 2 aromatic carbocycles. The molecule has 1 aromatic heterocycles. The van der Waals surface area contributed by atoms with Gasteiger partial charge in [-0.2, -0.15) is 0 Å². The van der Waals surface area contributed by atoms with E-state index < -0.39 is 0 Å². The minimum absolute atomic E-state index is 0.145. The highest BCUT2D eigenvalue weighted by Gasteiger charge is 2.15. The van der Waals surface area contributed by atoms with Gasteiger partial charge in [0.2, 0.25) is 5.91 Å². The van der Waals surface area contributed by atoms with Crippen LogP contribution in [0, 0.1) is 6.92 Å². The minimum atomic E-state index is -0.280. The second-order valence-electron chi connectivity index (χ2n) is 7.01. The fraction of sp³-hybridized carbons (Fsp3) is 0.273. The summed E-state index contributed by atoms with van der Waals surface area (Å²) in [5.41, 5.74) is 2.20. The van der Waals surface area contributed by atoms with E-state index >= 15 is 0 Å². The zero-order chi connectivity index (χ0) is 24.0. The maximum Gasteiger partial charge on any atom is 0.251 e.